The fourth-order valence-corrected chi connectivity index (χ4v) is 2.84. The van der Waals surface area contributed by atoms with Crippen LogP contribution in [-0.2, 0) is 0 Å². The Bertz CT molecular complexity index is 947. The van der Waals surface area contributed by atoms with Gasteiger partial charge in [0, 0.05) is 12.1 Å². The molecule has 5 nitrogen and oxygen atoms in total. The summed E-state index contributed by atoms with van der Waals surface area (Å²) in [4.78, 5) is 12.4. The second kappa shape index (κ2) is 8.59. The molecule has 1 saturated carbocycles. The van der Waals surface area contributed by atoms with Crippen molar-refractivity contribution in [1.82, 2.24) is 15.5 Å². The molecule has 1 aliphatic rings. The van der Waals surface area contributed by atoms with Gasteiger partial charge in [-0.3, -0.25) is 4.79 Å². The molecule has 0 spiro atoms. The van der Waals surface area contributed by atoms with Crippen molar-refractivity contribution in [3.05, 3.63) is 52.2 Å². The van der Waals surface area contributed by atoms with E-state index in [0.717, 1.165) is 18.4 Å². The van der Waals surface area contributed by atoms with Crippen molar-refractivity contribution in [1.29, 1.82) is 0 Å². The second-order valence-corrected chi connectivity index (χ2v) is 7.41. The molecule has 1 amide bonds. The molecule has 3 rings (SSSR count). The minimum Gasteiger partial charge on any atom is -0.467 e. The monoisotopic (exact) mass is 445 g/mol. The first-order valence-electron chi connectivity index (χ1n) is 8.62. The van der Waals surface area contributed by atoms with Gasteiger partial charge in [0.1, 0.15) is 0 Å². The van der Waals surface area contributed by atoms with Gasteiger partial charge >= 0.3 is 6.18 Å². The van der Waals surface area contributed by atoms with Gasteiger partial charge in [0.15, 0.2) is 12.3 Å². The molecule has 0 aliphatic heterocycles. The maximum Gasteiger partial charge on any atom is 0.422 e. The number of amides is 1. The number of halogens is 5. The highest BCUT2D eigenvalue weighted by Crippen LogP contribution is 2.35. The lowest BCUT2D eigenvalue weighted by Gasteiger charge is -2.13. The van der Waals surface area contributed by atoms with E-state index in [4.69, 9.17) is 27.9 Å². The number of nitrogens with one attached hydrogen (secondary N) is 1. The molecular weight excluding hydrogens is 430 g/mol. The summed E-state index contributed by atoms with van der Waals surface area (Å²) in [5.41, 5.74) is 1.35. The number of rotatable bonds is 7. The summed E-state index contributed by atoms with van der Waals surface area (Å²) in [5.74, 6) is -0.478. The third kappa shape index (κ3) is 5.83. The van der Waals surface area contributed by atoms with Gasteiger partial charge in [0.05, 0.1) is 10.0 Å². The first kappa shape index (κ1) is 21.4. The van der Waals surface area contributed by atoms with Crippen LogP contribution < -0.4 is 10.1 Å². The molecule has 154 valence electrons. The van der Waals surface area contributed by atoms with Crippen molar-refractivity contribution >= 4 is 29.1 Å². The molecule has 10 heteroatoms. The quantitative estimate of drug-likeness (QED) is 0.603. The minimum atomic E-state index is -4.56. The molecule has 29 heavy (non-hydrogen) atoms. The van der Waals surface area contributed by atoms with Crippen LogP contribution in [0.5, 0.6) is 5.88 Å². The number of carbonyl (C=O) groups is 1. The largest absolute Gasteiger partial charge is 0.467 e. The fourth-order valence-electron chi connectivity index (χ4n) is 2.54. The molecule has 1 aromatic carbocycles. The molecule has 2 aromatic rings. The highest BCUT2D eigenvalue weighted by atomic mass is 35.5. The fraction of sp³-hybridized carbons (Fsp3) is 0.316. The van der Waals surface area contributed by atoms with Crippen LogP contribution in [0.15, 0.2) is 36.4 Å². The van der Waals surface area contributed by atoms with E-state index in [2.05, 4.69) is 22.1 Å². The van der Waals surface area contributed by atoms with Crippen molar-refractivity contribution in [2.24, 2.45) is 5.92 Å². The lowest BCUT2D eigenvalue weighted by Crippen LogP contribution is -2.27. The van der Waals surface area contributed by atoms with Crippen molar-refractivity contribution in [2.75, 3.05) is 13.2 Å². The van der Waals surface area contributed by atoms with Crippen LogP contribution >= 0.6 is 23.2 Å². The zero-order valence-corrected chi connectivity index (χ0v) is 16.5. The minimum absolute atomic E-state index is 0.0750. The van der Waals surface area contributed by atoms with Crippen molar-refractivity contribution in [3.8, 4) is 17.0 Å². The number of carbonyl (C=O) groups excluding carboxylic acids is 1. The van der Waals surface area contributed by atoms with Crippen molar-refractivity contribution < 1.29 is 22.7 Å². The number of nitrogens with zero attached hydrogens (tertiary/aromatic N) is 2. The molecule has 1 aliphatic carbocycles. The van der Waals surface area contributed by atoms with Gasteiger partial charge in [0.25, 0.3) is 5.91 Å². The molecule has 0 saturated heterocycles. The first-order valence-corrected chi connectivity index (χ1v) is 9.38. The van der Waals surface area contributed by atoms with Gasteiger partial charge in [-0.15, -0.1) is 10.2 Å². The van der Waals surface area contributed by atoms with Crippen molar-refractivity contribution in [2.45, 2.75) is 19.0 Å². The molecule has 1 aromatic heterocycles. The van der Waals surface area contributed by atoms with E-state index >= 15 is 0 Å². The maximum absolute atomic E-state index is 12.6. The van der Waals surface area contributed by atoms with Gasteiger partial charge in [-0.2, -0.15) is 13.2 Å². The number of benzene rings is 1. The van der Waals surface area contributed by atoms with Crippen LogP contribution in [-0.4, -0.2) is 35.4 Å². The molecule has 1 fully saturated rings. The summed E-state index contributed by atoms with van der Waals surface area (Å²) in [6.07, 6.45) is -2.45. The van der Waals surface area contributed by atoms with E-state index in [9.17, 15) is 18.0 Å². The Morgan fingerprint density at radius 1 is 1.21 bits per heavy atom. The van der Waals surface area contributed by atoms with E-state index in [0.29, 0.717) is 18.0 Å². The average molecular weight is 446 g/mol. The van der Waals surface area contributed by atoms with Gasteiger partial charge in [-0.1, -0.05) is 41.4 Å². The third-order valence-electron chi connectivity index (χ3n) is 4.23. The van der Waals surface area contributed by atoms with Gasteiger partial charge in [-0.25, -0.2) is 0 Å². The van der Waals surface area contributed by atoms with E-state index in [1.165, 1.54) is 24.3 Å². The van der Waals surface area contributed by atoms with E-state index in [-0.39, 0.29) is 27.2 Å². The number of hydrogen-bond acceptors (Lipinski definition) is 4. The molecule has 0 bridgehead atoms. The number of ether oxygens (including phenoxy) is 1. The topological polar surface area (TPSA) is 64.1 Å². The molecular formula is C19H16Cl2F3N3O2. The molecule has 1 N–H and O–H groups in total. The van der Waals surface area contributed by atoms with Crippen LogP contribution in [0.2, 0.25) is 10.0 Å². The SMILES string of the molecule is C=C(CNC(=O)c1cc(-c2ccc(Cl)c(Cl)c2)c(OCC(F)(F)F)nn1)C1CC1. The Morgan fingerprint density at radius 3 is 2.55 bits per heavy atom. The number of alkyl halides is 3. The smallest absolute Gasteiger partial charge is 0.422 e. The molecule has 1 heterocycles. The van der Waals surface area contributed by atoms with Crippen LogP contribution in [0.25, 0.3) is 11.1 Å². The van der Waals surface area contributed by atoms with Crippen molar-refractivity contribution in [3.63, 3.8) is 0 Å². The van der Waals surface area contributed by atoms with Crippen LogP contribution in [0.1, 0.15) is 23.3 Å². The van der Waals surface area contributed by atoms with Crippen LogP contribution in [0.3, 0.4) is 0 Å². The summed E-state index contributed by atoms with van der Waals surface area (Å²) in [7, 11) is 0. The standard InChI is InChI=1S/C19H16Cl2F3N3O2/c1-10(11-2-3-11)8-25-17(28)16-7-13(12-4-5-14(20)15(21)6-12)18(27-26-16)29-9-19(22,23)24/h4-7,11H,1-3,8-9H2,(H,25,28). The Balaban J connectivity index is 1.87. The Kier molecular flexibility index (Phi) is 6.33. The summed E-state index contributed by atoms with van der Waals surface area (Å²) in [6, 6.07) is 5.75. The van der Waals surface area contributed by atoms with E-state index < -0.39 is 18.7 Å². The second-order valence-electron chi connectivity index (χ2n) is 6.60. The molecule has 0 unspecified atom stereocenters. The van der Waals surface area contributed by atoms with E-state index in [1.807, 2.05) is 0 Å². The Morgan fingerprint density at radius 2 is 1.93 bits per heavy atom. The number of hydrogen-bond donors (Lipinski definition) is 1. The normalized spacial score (nSPS) is 13.8. The number of aromatic nitrogens is 2. The lowest BCUT2D eigenvalue weighted by atomic mass is 10.1. The first-order chi connectivity index (χ1) is 13.6. The Hall–Kier alpha value is -2.32. The predicted octanol–water partition coefficient (Wildman–Crippen LogP) is 5.09. The summed E-state index contributed by atoms with van der Waals surface area (Å²) >= 11 is 11.9. The molecule has 0 radical (unpaired) electrons. The summed E-state index contributed by atoms with van der Waals surface area (Å²) in [5, 5.41) is 10.5. The average Bonchev–Trinajstić information content (AvgIpc) is 3.51. The zero-order valence-electron chi connectivity index (χ0n) is 15.0. The van der Waals surface area contributed by atoms with E-state index in [1.54, 1.807) is 0 Å². The third-order valence-corrected chi connectivity index (χ3v) is 4.97. The highest BCUT2D eigenvalue weighted by Gasteiger charge is 2.30. The van der Waals surface area contributed by atoms with Gasteiger partial charge in [0.2, 0.25) is 5.88 Å². The van der Waals surface area contributed by atoms with Crippen LogP contribution in [0.4, 0.5) is 13.2 Å². The lowest BCUT2D eigenvalue weighted by molar-refractivity contribution is -0.154. The maximum atomic E-state index is 12.6. The zero-order chi connectivity index (χ0) is 21.2. The summed E-state index contributed by atoms with van der Waals surface area (Å²) in [6.45, 7) is 2.66. The van der Waals surface area contributed by atoms with Gasteiger partial charge < -0.3 is 10.1 Å². The molecule has 0 atom stereocenters. The Labute approximate surface area is 174 Å². The van der Waals surface area contributed by atoms with Gasteiger partial charge in [-0.05, 0) is 42.5 Å². The van der Waals surface area contributed by atoms with Crippen LogP contribution in [0, 0.1) is 5.92 Å². The summed E-state index contributed by atoms with van der Waals surface area (Å²) < 4.78 is 42.5. The highest BCUT2D eigenvalue weighted by molar-refractivity contribution is 6.42. The predicted molar refractivity (Wildman–Crippen MR) is 103 cm³/mol.